The molecule has 146 valence electrons. The Morgan fingerprint density at radius 2 is 2.22 bits per heavy atom. The molecule has 0 aromatic carbocycles. The zero-order chi connectivity index (χ0) is 19.6. The Kier molecular flexibility index (Phi) is 5.86. The van der Waals surface area contributed by atoms with Gasteiger partial charge in [0.25, 0.3) is 5.91 Å². The Morgan fingerprint density at radius 1 is 1.44 bits per heavy atom. The lowest BCUT2D eigenvalue weighted by Gasteiger charge is -2.25. The van der Waals surface area contributed by atoms with Gasteiger partial charge in [-0.2, -0.15) is 0 Å². The van der Waals surface area contributed by atoms with E-state index in [4.69, 9.17) is 10.5 Å². The maximum atomic E-state index is 12.5. The lowest BCUT2D eigenvalue weighted by molar-refractivity contribution is 0.0525. The fourth-order valence-electron chi connectivity index (χ4n) is 3.73. The van der Waals surface area contributed by atoms with Gasteiger partial charge in [-0.15, -0.1) is 11.3 Å². The standard InChI is InChI=1S/C19H26N4O3S/c1-4-26-19(25)15-12(16(18(24)21-2)27-17(15)20)11-23-10-6-8-14(23)13-7-5-9-22(13)3/h5,7,9,14H,4,6,8,10-11,20H2,1-3H3,(H,21,24)/t14-/m1/s1. The van der Waals surface area contributed by atoms with Crippen LogP contribution >= 0.6 is 11.3 Å². The highest BCUT2D eigenvalue weighted by molar-refractivity contribution is 7.18. The van der Waals surface area contributed by atoms with E-state index in [1.165, 1.54) is 5.69 Å². The van der Waals surface area contributed by atoms with Gasteiger partial charge in [0, 0.05) is 38.1 Å². The van der Waals surface area contributed by atoms with Crippen molar-refractivity contribution in [1.82, 2.24) is 14.8 Å². The largest absolute Gasteiger partial charge is 0.462 e. The van der Waals surface area contributed by atoms with E-state index in [2.05, 4.69) is 20.9 Å². The zero-order valence-electron chi connectivity index (χ0n) is 15.9. The Labute approximate surface area is 163 Å². The summed E-state index contributed by atoms with van der Waals surface area (Å²) in [6.07, 6.45) is 4.15. The van der Waals surface area contributed by atoms with Gasteiger partial charge >= 0.3 is 5.97 Å². The van der Waals surface area contributed by atoms with Crippen LogP contribution in [0.2, 0.25) is 0 Å². The highest BCUT2D eigenvalue weighted by Gasteiger charge is 2.32. The third-order valence-corrected chi connectivity index (χ3v) is 6.06. The summed E-state index contributed by atoms with van der Waals surface area (Å²) in [5.74, 6) is -0.696. The zero-order valence-corrected chi connectivity index (χ0v) is 16.8. The van der Waals surface area contributed by atoms with Crippen LogP contribution in [0.3, 0.4) is 0 Å². The maximum Gasteiger partial charge on any atom is 0.341 e. The third-order valence-electron chi connectivity index (χ3n) is 5.00. The number of thiophene rings is 1. The molecule has 0 spiro atoms. The summed E-state index contributed by atoms with van der Waals surface area (Å²) in [7, 11) is 3.61. The average molecular weight is 391 g/mol. The van der Waals surface area contributed by atoms with E-state index in [1.54, 1.807) is 14.0 Å². The number of aromatic nitrogens is 1. The van der Waals surface area contributed by atoms with Crippen LogP contribution in [0.15, 0.2) is 18.3 Å². The van der Waals surface area contributed by atoms with E-state index >= 15 is 0 Å². The number of anilines is 1. The molecule has 2 aromatic rings. The summed E-state index contributed by atoms with van der Waals surface area (Å²) in [6, 6.07) is 4.41. The number of nitrogens with one attached hydrogen (secondary N) is 1. The highest BCUT2D eigenvalue weighted by Crippen LogP contribution is 2.38. The molecular weight excluding hydrogens is 364 g/mol. The predicted octanol–water partition coefficient (Wildman–Crippen LogP) is 2.54. The first kappa shape index (κ1) is 19.4. The second-order valence-electron chi connectivity index (χ2n) is 6.62. The van der Waals surface area contributed by atoms with Gasteiger partial charge in [-0.25, -0.2) is 4.79 Å². The normalized spacial score (nSPS) is 17.2. The molecule has 2 aromatic heterocycles. The first-order valence-electron chi connectivity index (χ1n) is 9.13. The molecule has 1 aliphatic heterocycles. The van der Waals surface area contributed by atoms with Crippen molar-refractivity contribution < 1.29 is 14.3 Å². The number of amides is 1. The number of nitrogens with zero attached hydrogens (tertiary/aromatic N) is 2. The first-order valence-corrected chi connectivity index (χ1v) is 9.95. The summed E-state index contributed by atoms with van der Waals surface area (Å²) in [6.45, 7) is 3.41. The van der Waals surface area contributed by atoms with Crippen LogP contribution in [0.5, 0.6) is 0 Å². The number of hydrogen-bond donors (Lipinski definition) is 2. The van der Waals surface area contributed by atoms with E-state index in [9.17, 15) is 9.59 Å². The van der Waals surface area contributed by atoms with Gasteiger partial charge in [0.2, 0.25) is 0 Å². The highest BCUT2D eigenvalue weighted by atomic mass is 32.1. The number of hydrogen-bond acceptors (Lipinski definition) is 6. The monoisotopic (exact) mass is 390 g/mol. The Morgan fingerprint density at radius 3 is 2.85 bits per heavy atom. The fraction of sp³-hybridized carbons (Fsp3) is 0.474. The fourth-order valence-corrected chi connectivity index (χ4v) is 4.75. The number of nitrogens with two attached hydrogens (primary N) is 1. The molecule has 1 fully saturated rings. The molecular formula is C19H26N4O3S. The Hall–Kier alpha value is -2.32. The summed E-state index contributed by atoms with van der Waals surface area (Å²) in [4.78, 5) is 27.7. The molecule has 1 amide bonds. The lowest BCUT2D eigenvalue weighted by Crippen LogP contribution is -2.27. The van der Waals surface area contributed by atoms with Crippen molar-refractivity contribution in [2.24, 2.45) is 7.05 Å². The van der Waals surface area contributed by atoms with Gasteiger partial charge in [-0.3, -0.25) is 9.69 Å². The van der Waals surface area contributed by atoms with Crippen LogP contribution in [-0.4, -0.2) is 41.5 Å². The van der Waals surface area contributed by atoms with Crippen LogP contribution in [0.25, 0.3) is 0 Å². The number of carbonyl (C=O) groups is 2. The van der Waals surface area contributed by atoms with E-state index in [-0.39, 0.29) is 18.6 Å². The molecule has 0 bridgehead atoms. The predicted molar refractivity (Wildman–Crippen MR) is 106 cm³/mol. The number of likely N-dealkylation sites (tertiary alicyclic amines) is 1. The van der Waals surface area contributed by atoms with E-state index in [0.717, 1.165) is 30.7 Å². The van der Waals surface area contributed by atoms with Gasteiger partial charge in [-0.1, -0.05) is 0 Å². The number of carbonyl (C=O) groups excluding carboxylic acids is 2. The third kappa shape index (κ3) is 3.72. The molecule has 0 saturated carbocycles. The number of aryl methyl sites for hydroxylation is 1. The van der Waals surface area contributed by atoms with Gasteiger partial charge in [0.1, 0.15) is 5.00 Å². The minimum Gasteiger partial charge on any atom is -0.462 e. The molecule has 3 rings (SSSR count). The second kappa shape index (κ2) is 8.14. The van der Waals surface area contributed by atoms with Gasteiger partial charge in [-0.05, 0) is 38.4 Å². The SMILES string of the molecule is CCOC(=O)c1c(N)sc(C(=O)NC)c1CN1CCC[C@@H]1c1cccn1C. The van der Waals surface area contributed by atoms with Crippen molar-refractivity contribution in [3.05, 3.63) is 40.0 Å². The molecule has 0 aliphatic carbocycles. The van der Waals surface area contributed by atoms with Crippen molar-refractivity contribution in [1.29, 1.82) is 0 Å². The Bertz CT molecular complexity index is 842. The lowest BCUT2D eigenvalue weighted by atomic mass is 10.1. The summed E-state index contributed by atoms with van der Waals surface area (Å²) >= 11 is 1.15. The topological polar surface area (TPSA) is 89.6 Å². The number of rotatable bonds is 6. The van der Waals surface area contributed by atoms with Crippen molar-refractivity contribution in [3.63, 3.8) is 0 Å². The van der Waals surface area contributed by atoms with E-state index < -0.39 is 5.97 Å². The summed E-state index contributed by atoms with van der Waals surface area (Å²) in [5.41, 5.74) is 8.33. The molecule has 27 heavy (non-hydrogen) atoms. The number of esters is 1. The molecule has 3 heterocycles. The van der Waals surface area contributed by atoms with Crippen LogP contribution in [0, 0.1) is 0 Å². The van der Waals surface area contributed by atoms with Gasteiger partial charge in [0.05, 0.1) is 23.1 Å². The quantitative estimate of drug-likeness (QED) is 0.740. The minimum atomic E-state index is -0.467. The van der Waals surface area contributed by atoms with Gasteiger partial charge < -0.3 is 20.4 Å². The molecule has 0 unspecified atom stereocenters. The molecule has 8 heteroatoms. The van der Waals surface area contributed by atoms with Crippen molar-refractivity contribution in [3.8, 4) is 0 Å². The van der Waals surface area contributed by atoms with Crippen LogP contribution in [0.4, 0.5) is 5.00 Å². The molecule has 7 nitrogen and oxygen atoms in total. The first-order chi connectivity index (χ1) is 13.0. The van der Waals surface area contributed by atoms with Crippen molar-refractivity contribution in [2.45, 2.75) is 32.4 Å². The second-order valence-corrected chi connectivity index (χ2v) is 7.67. The molecule has 3 N–H and O–H groups in total. The summed E-state index contributed by atoms with van der Waals surface area (Å²) < 4.78 is 7.31. The molecule has 1 atom stereocenters. The number of nitrogen functional groups attached to an aromatic ring is 1. The number of ether oxygens (including phenoxy) is 1. The average Bonchev–Trinajstić information content (AvgIpc) is 3.34. The molecule has 1 aliphatic rings. The van der Waals surface area contributed by atoms with Crippen LogP contribution < -0.4 is 11.1 Å². The van der Waals surface area contributed by atoms with Crippen molar-refractivity contribution in [2.75, 3.05) is 25.9 Å². The Balaban J connectivity index is 1.98. The van der Waals surface area contributed by atoms with E-state index in [0.29, 0.717) is 27.5 Å². The maximum absolute atomic E-state index is 12.5. The van der Waals surface area contributed by atoms with Crippen LogP contribution in [0.1, 0.15) is 57.1 Å². The molecule has 1 saturated heterocycles. The van der Waals surface area contributed by atoms with E-state index in [1.807, 2.05) is 19.3 Å². The summed E-state index contributed by atoms with van der Waals surface area (Å²) in [5, 5.41) is 2.98. The minimum absolute atomic E-state index is 0.230. The van der Waals surface area contributed by atoms with Crippen LogP contribution in [-0.2, 0) is 18.3 Å². The molecule has 0 radical (unpaired) electrons. The van der Waals surface area contributed by atoms with Crippen molar-refractivity contribution >= 4 is 28.2 Å². The smallest absolute Gasteiger partial charge is 0.341 e. The van der Waals surface area contributed by atoms with Gasteiger partial charge in [0.15, 0.2) is 0 Å².